The van der Waals surface area contributed by atoms with Crippen LogP contribution in [0.5, 0.6) is 0 Å². The van der Waals surface area contributed by atoms with Gasteiger partial charge in [-0.15, -0.1) is 0 Å². The number of benzene rings is 2. The fourth-order valence-corrected chi connectivity index (χ4v) is 2.92. The van der Waals surface area contributed by atoms with Gasteiger partial charge in [-0.05, 0) is 61.4 Å². The van der Waals surface area contributed by atoms with Crippen molar-refractivity contribution in [2.24, 2.45) is 11.0 Å². The molecular formula is C20H16ClFN2O3. The molecule has 0 saturated carbocycles. The summed E-state index contributed by atoms with van der Waals surface area (Å²) < 4.78 is 13.0. The van der Waals surface area contributed by atoms with Gasteiger partial charge in [0.05, 0.1) is 11.6 Å². The Morgan fingerprint density at radius 3 is 2.44 bits per heavy atom. The van der Waals surface area contributed by atoms with E-state index in [1.54, 1.807) is 31.2 Å². The van der Waals surface area contributed by atoms with Crippen LogP contribution in [0.1, 0.15) is 18.9 Å². The summed E-state index contributed by atoms with van der Waals surface area (Å²) in [5.74, 6) is -2.52. The molecule has 5 nitrogen and oxygen atoms in total. The lowest BCUT2D eigenvalue weighted by molar-refractivity contribution is -0.132. The topological polar surface area (TPSA) is 70.0 Å². The minimum Gasteiger partial charge on any atom is -0.478 e. The van der Waals surface area contributed by atoms with E-state index in [0.29, 0.717) is 22.0 Å². The largest absolute Gasteiger partial charge is 0.478 e. The minimum absolute atomic E-state index is 0.00896. The molecule has 1 N–H and O–H groups in total. The maximum absolute atomic E-state index is 13.0. The molecule has 0 saturated heterocycles. The molecule has 27 heavy (non-hydrogen) atoms. The second kappa shape index (κ2) is 7.72. The van der Waals surface area contributed by atoms with E-state index in [2.05, 4.69) is 5.10 Å². The van der Waals surface area contributed by atoms with Crippen molar-refractivity contribution >= 4 is 41.0 Å². The maximum Gasteiger partial charge on any atom is 0.331 e. The minimum atomic E-state index is -1.13. The summed E-state index contributed by atoms with van der Waals surface area (Å²) in [6.45, 7) is 1.69. The van der Waals surface area contributed by atoms with Gasteiger partial charge in [0, 0.05) is 16.3 Å². The number of halogens is 2. The zero-order valence-corrected chi connectivity index (χ0v) is 15.2. The first-order chi connectivity index (χ1) is 12.8. The summed E-state index contributed by atoms with van der Waals surface area (Å²) in [5, 5.41) is 15.6. The highest BCUT2D eigenvalue weighted by Gasteiger charge is 2.35. The number of hydrogen-bond acceptors (Lipinski definition) is 3. The Morgan fingerprint density at radius 1 is 1.22 bits per heavy atom. The van der Waals surface area contributed by atoms with Crippen LogP contribution in [-0.2, 0) is 9.59 Å². The van der Waals surface area contributed by atoms with E-state index in [1.165, 1.54) is 35.4 Å². The molecule has 1 unspecified atom stereocenters. The van der Waals surface area contributed by atoms with Crippen LogP contribution in [0.3, 0.4) is 0 Å². The molecule has 3 rings (SSSR count). The Labute approximate surface area is 160 Å². The van der Waals surface area contributed by atoms with Gasteiger partial charge >= 0.3 is 5.97 Å². The summed E-state index contributed by atoms with van der Waals surface area (Å²) in [7, 11) is 0. The van der Waals surface area contributed by atoms with Crippen LogP contribution in [0.4, 0.5) is 10.1 Å². The molecule has 1 heterocycles. The van der Waals surface area contributed by atoms with Crippen molar-refractivity contribution in [1.29, 1.82) is 0 Å². The van der Waals surface area contributed by atoms with Gasteiger partial charge in [0.2, 0.25) is 0 Å². The molecule has 2 aromatic rings. The third-order valence-electron chi connectivity index (χ3n) is 4.25. The summed E-state index contributed by atoms with van der Waals surface area (Å²) in [5.41, 5.74) is 1.68. The fraction of sp³-hybridized carbons (Fsp3) is 0.150. The molecular weight excluding hydrogens is 371 g/mol. The molecule has 0 radical (unpaired) electrons. The molecule has 0 bridgehead atoms. The molecule has 138 valence electrons. The van der Waals surface area contributed by atoms with E-state index in [4.69, 9.17) is 11.6 Å². The monoisotopic (exact) mass is 386 g/mol. The number of carbonyl (C=O) groups excluding carboxylic acids is 1. The Hall–Kier alpha value is -2.99. The van der Waals surface area contributed by atoms with Crippen molar-refractivity contribution in [3.63, 3.8) is 0 Å². The van der Waals surface area contributed by atoms with Gasteiger partial charge < -0.3 is 5.11 Å². The molecule has 0 aromatic heterocycles. The van der Waals surface area contributed by atoms with Gasteiger partial charge in [-0.2, -0.15) is 5.10 Å². The Morgan fingerprint density at radius 2 is 1.85 bits per heavy atom. The predicted molar refractivity (Wildman–Crippen MR) is 102 cm³/mol. The standard InChI is InChI=1S/C20H16ClFN2O3/c1-12-18(19(25)24(23-12)17-8-4-15(21)5-9-17)11-14(20(26)27)10-13-2-6-16(22)7-3-13/h2-10,18H,11H2,1H3,(H,26,27)/b14-10-. The SMILES string of the molecule is CC1=NN(c2ccc(Cl)cc2)C(=O)C1C/C(=C/c1ccc(F)cc1)C(=O)O. The molecule has 0 spiro atoms. The van der Waals surface area contributed by atoms with Gasteiger partial charge in [-0.3, -0.25) is 4.79 Å². The van der Waals surface area contributed by atoms with Gasteiger partial charge in [0.25, 0.3) is 5.91 Å². The molecule has 0 fully saturated rings. The molecule has 7 heteroatoms. The quantitative estimate of drug-likeness (QED) is 0.775. The Balaban J connectivity index is 1.83. The number of hydrogen-bond donors (Lipinski definition) is 1. The van der Waals surface area contributed by atoms with Gasteiger partial charge in [-0.1, -0.05) is 23.7 Å². The number of hydrazone groups is 1. The van der Waals surface area contributed by atoms with Crippen molar-refractivity contribution in [3.8, 4) is 0 Å². The van der Waals surface area contributed by atoms with E-state index in [-0.39, 0.29) is 17.9 Å². The average molecular weight is 387 g/mol. The molecule has 1 atom stereocenters. The fourth-order valence-electron chi connectivity index (χ4n) is 2.79. The molecule has 1 aliphatic heterocycles. The second-order valence-electron chi connectivity index (χ2n) is 6.15. The lowest BCUT2D eigenvalue weighted by Crippen LogP contribution is -2.28. The van der Waals surface area contributed by atoms with E-state index in [1.807, 2.05) is 0 Å². The first-order valence-corrected chi connectivity index (χ1v) is 8.57. The van der Waals surface area contributed by atoms with Crippen molar-refractivity contribution in [3.05, 3.63) is 70.5 Å². The number of carboxylic acids is 1. The normalized spacial score (nSPS) is 17.2. The Bertz CT molecular complexity index is 937. The van der Waals surface area contributed by atoms with Crippen LogP contribution >= 0.6 is 11.6 Å². The van der Waals surface area contributed by atoms with E-state index in [9.17, 15) is 19.1 Å². The highest BCUT2D eigenvalue weighted by molar-refractivity contribution is 6.30. The first-order valence-electron chi connectivity index (χ1n) is 8.19. The van der Waals surface area contributed by atoms with Crippen molar-refractivity contribution in [1.82, 2.24) is 0 Å². The number of nitrogens with zero attached hydrogens (tertiary/aromatic N) is 2. The highest BCUT2D eigenvalue weighted by atomic mass is 35.5. The third-order valence-corrected chi connectivity index (χ3v) is 4.50. The first kappa shape index (κ1) is 18.8. The molecule has 2 aromatic carbocycles. The van der Waals surface area contributed by atoms with Crippen LogP contribution in [0, 0.1) is 11.7 Å². The van der Waals surface area contributed by atoms with Crippen LogP contribution in [0.15, 0.2) is 59.2 Å². The number of aliphatic carboxylic acids is 1. The van der Waals surface area contributed by atoms with Crippen LogP contribution in [0.25, 0.3) is 6.08 Å². The molecule has 1 amide bonds. The van der Waals surface area contributed by atoms with Crippen molar-refractivity contribution < 1.29 is 19.1 Å². The Kier molecular flexibility index (Phi) is 5.37. The highest BCUT2D eigenvalue weighted by Crippen LogP contribution is 2.29. The zero-order chi connectivity index (χ0) is 19.6. The maximum atomic E-state index is 13.0. The number of amides is 1. The smallest absolute Gasteiger partial charge is 0.331 e. The van der Waals surface area contributed by atoms with E-state index >= 15 is 0 Å². The predicted octanol–water partition coefficient (Wildman–Crippen LogP) is 4.38. The second-order valence-corrected chi connectivity index (χ2v) is 6.59. The van der Waals surface area contributed by atoms with Crippen LogP contribution in [-0.4, -0.2) is 22.7 Å². The summed E-state index contributed by atoms with van der Waals surface area (Å²) in [6.07, 6.45) is 1.43. The van der Waals surface area contributed by atoms with Crippen molar-refractivity contribution in [2.75, 3.05) is 5.01 Å². The summed E-state index contributed by atoms with van der Waals surface area (Å²) >= 11 is 5.87. The van der Waals surface area contributed by atoms with E-state index < -0.39 is 17.7 Å². The number of rotatable bonds is 5. The average Bonchev–Trinajstić information content (AvgIpc) is 2.91. The third kappa shape index (κ3) is 4.23. The van der Waals surface area contributed by atoms with Crippen LogP contribution < -0.4 is 5.01 Å². The lowest BCUT2D eigenvalue weighted by Gasteiger charge is -2.14. The molecule has 0 aliphatic carbocycles. The number of carboxylic acid groups (broad SMARTS) is 1. The van der Waals surface area contributed by atoms with Crippen LogP contribution in [0.2, 0.25) is 5.02 Å². The number of carbonyl (C=O) groups is 2. The number of anilines is 1. The van der Waals surface area contributed by atoms with Gasteiger partial charge in [0.1, 0.15) is 5.82 Å². The molecule has 1 aliphatic rings. The summed E-state index contributed by atoms with van der Waals surface area (Å²) in [6, 6.07) is 12.1. The van der Waals surface area contributed by atoms with E-state index in [0.717, 1.165) is 0 Å². The van der Waals surface area contributed by atoms with Gasteiger partial charge in [-0.25, -0.2) is 14.2 Å². The summed E-state index contributed by atoms with van der Waals surface area (Å²) in [4.78, 5) is 24.4. The lowest BCUT2D eigenvalue weighted by atomic mass is 9.94. The van der Waals surface area contributed by atoms with Crippen molar-refractivity contribution in [2.45, 2.75) is 13.3 Å². The van der Waals surface area contributed by atoms with Gasteiger partial charge in [0.15, 0.2) is 0 Å². The zero-order valence-electron chi connectivity index (χ0n) is 14.4.